The average Bonchev–Trinajstić information content (AvgIpc) is 2.73. The SMILES string of the molecule is C=CCN(CC(=O)Nc1cc(OC)cc(OC)c1)S(=O)(=O)c1ccc(OC)cc1. The third-order valence-electron chi connectivity index (χ3n) is 3.99. The highest BCUT2D eigenvalue weighted by atomic mass is 32.2. The topological polar surface area (TPSA) is 94.2 Å². The van der Waals surface area contributed by atoms with E-state index >= 15 is 0 Å². The Morgan fingerprint density at radius 2 is 1.55 bits per heavy atom. The summed E-state index contributed by atoms with van der Waals surface area (Å²) < 4.78 is 42.3. The van der Waals surface area contributed by atoms with Crippen molar-refractivity contribution in [3.8, 4) is 17.2 Å². The Labute approximate surface area is 170 Å². The van der Waals surface area contributed by atoms with Gasteiger partial charge in [-0.3, -0.25) is 4.79 Å². The van der Waals surface area contributed by atoms with Crippen molar-refractivity contribution < 1.29 is 27.4 Å². The molecule has 0 aliphatic rings. The predicted molar refractivity (Wildman–Crippen MR) is 110 cm³/mol. The molecule has 0 saturated carbocycles. The summed E-state index contributed by atoms with van der Waals surface area (Å²) in [6.45, 7) is 3.17. The fraction of sp³-hybridized carbons (Fsp3) is 0.250. The van der Waals surface area contributed by atoms with Crippen molar-refractivity contribution in [2.45, 2.75) is 4.90 Å². The van der Waals surface area contributed by atoms with Gasteiger partial charge in [0.15, 0.2) is 0 Å². The lowest BCUT2D eigenvalue weighted by Crippen LogP contribution is -2.38. The van der Waals surface area contributed by atoms with Crippen molar-refractivity contribution in [1.82, 2.24) is 4.31 Å². The lowest BCUT2D eigenvalue weighted by Gasteiger charge is -2.20. The summed E-state index contributed by atoms with van der Waals surface area (Å²) in [5.41, 5.74) is 0.423. The standard InChI is InChI=1S/C20H24N2O6S/c1-5-10-22(29(24,25)19-8-6-16(26-2)7-9-19)14-20(23)21-15-11-17(27-3)13-18(12-15)28-4/h5-9,11-13H,1,10,14H2,2-4H3,(H,21,23). The number of anilines is 1. The Balaban J connectivity index is 2.20. The summed E-state index contributed by atoms with van der Waals surface area (Å²) in [6, 6.07) is 10.8. The minimum absolute atomic E-state index is 0.0246. The maximum absolute atomic E-state index is 12.9. The summed E-state index contributed by atoms with van der Waals surface area (Å²) in [7, 11) is 0.574. The Bertz CT molecular complexity index is 935. The van der Waals surface area contributed by atoms with Crippen LogP contribution in [0.2, 0.25) is 0 Å². The molecule has 0 fully saturated rings. The molecule has 156 valence electrons. The number of hydrogen-bond acceptors (Lipinski definition) is 6. The molecular formula is C20H24N2O6S. The van der Waals surface area contributed by atoms with Crippen molar-refractivity contribution >= 4 is 21.6 Å². The monoisotopic (exact) mass is 420 g/mol. The fourth-order valence-electron chi connectivity index (χ4n) is 2.53. The summed E-state index contributed by atoms with van der Waals surface area (Å²) in [4.78, 5) is 12.6. The van der Waals surface area contributed by atoms with Crippen molar-refractivity contribution in [1.29, 1.82) is 0 Å². The number of hydrogen-bond donors (Lipinski definition) is 1. The summed E-state index contributed by atoms with van der Waals surface area (Å²) in [5, 5.41) is 2.66. The van der Waals surface area contributed by atoms with Crippen molar-refractivity contribution in [3.05, 3.63) is 55.1 Å². The summed E-state index contributed by atoms with van der Waals surface area (Å²) in [5.74, 6) is 1.00. The van der Waals surface area contributed by atoms with Crippen molar-refractivity contribution in [3.63, 3.8) is 0 Å². The maximum Gasteiger partial charge on any atom is 0.243 e. The van der Waals surface area contributed by atoms with Crippen LogP contribution in [0.1, 0.15) is 0 Å². The van der Waals surface area contributed by atoms with Gasteiger partial charge in [0.1, 0.15) is 17.2 Å². The number of sulfonamides is 1. The van der Waals surface area contributed by atoms with Gasteiger partial charge < -0.3 is 19.5 Å². The molecule has 9 heteroatoms. The quantitative estimate of drug-likeness (QED) is 0.594. The normalized spacial score (nSPS) is 11.0. The third kappa shape index (κ3) is 5.72. The van der Waals surface area contributed by atoms with E-state index in [4.69, 9.17) is 14.2 Å². The zero-order valence-corrected chi connectivity index (χ0v) is 17.4. The van der Waals surface area contributed by atoms with Crippen molar-refractivity contribution in [2.75, 3.05) is 39.7 Å². The van der Waals surface area contributed by atoms with Crippen LogP contribution in [-0.2, 0) is 14.8 Å². The van der Waals surface area contributed by atoms with E-state index in [-0.39, 0.29) is 18.0 Å². The van der Waals surface area contributed by atoms with Crippen LogP contribution in [0.4, 0.5) is 5.69 Å². The van der Waals surface area contributed by atoms with Gasteiger partial charge in [0.25, 0.3) is 0 Å². The largest absolute Gasteiger partial charge is 0.497 e. The van der Waals surface area contributed by atoms with Gasteiger partial charge in [-0.25, -0.2) is 8.42 Å². The molecule has 0 spiro atoms. The van der Waals surface area contributed by atoms with E-state index in [9.17, 15) is 13.2 Å². The average molecular weight is 420 g/mol. The van der Waals surface area contributed by atoms with Crippen LogP contribution in [0.15, 0.2) is 60.0 Å². The molecule has 0 aliphatic carbocycles. The molecule has 0 heterocycles. The molecular weight excluding hydrogens is 396 g/mol. The minimum Gasteiger partial charge on any atom is -0.497 e. The van der Waals surface area contributed by atoms with E-state index in [0.29, 0.717) is 22.9 Å². The molecule has 1 amide bonds. The number of rotatable bonds is 10. The molecule has 0 bridgehead atoms. The first-order valence-corrected chi connectivity index (χ1v) is 10.1. The van der Waals surface area contributed by atoms with Crippen LogP contribution in [0, 0.1) is 0 Å². The second-order valence-corrected chi connectivity index (χ2v) is 7.85. The van der Waals surface area contributed by atoms with E-state index in [1.165, 1.54) is 39.5 Å². The third-order valence-corrected chi connectivity index (χ3v) is 5.81. The number of nitrogens with zero attached hydrogens (tertiary/aromatic N) is 1. The Kier molecular flexibility index (Phi) is 7.63. The number of carbonyl (C=O) groups excluding carboxylic acids is 1. The van der Waals surface area contributed by atoms with Gasteiger partial charge in [-0.2, -0.15) is 4.31 Å². The van der Waals surface area contributed by atoms with Gasteiger partial charge in [0.2, 0.25) is 15.9 Å². The van der Waals surface area contributed by atoms with Gasteiger partial charge in [0.05, 0.1) is 32.8 Å². The Morgan fingerprint density at radius 3 is 2.03 bits per heavy atom. The lowest BCUT2D eigenvalue weighted by atomic mass is 10.2. The molecule has 0 radical (unpaired) electrons. The summed E-state index contributed by atoms with van der Waals surface area (Å²) >= 11 is 0. The number of ether oxygens (including phenoxy) is 3. The van der Waals surface area contributed by atoms with Crippen molar-refractivity contribution in [2.24, 2.45) is 0 Å². The first-order chi connectivity index (χ1) is 13.8. The fourth-order valence-corrected chi connectivity index (χ4v) is 3.90. The zero-order chi connectivity index (χ0) is 21.4. The molecule has 0 aromatic heterocycles. The van der Waals surface area contributed by atoms with Crippen LogP contribution in [0.3, 0.4) is 0 Å². The highest BCUT2D eigenvalue weighted by Crippen LogP contribution is 2.26. The lowest BCUT2D eigenvalue weighted by molar-refractivity contribution is -0.116. The molecule has 0 aliphatic heterocycles. The predicted octanol–water partition coefficient (Wildman–Crippen LogP) is 2.53. The van der Waals surface area contributed by atoms with Gasteiger partial charge in [-0.15, -0.1) is 6.58 Å². The molecule has 1 N–H and O–H groups in total. The molecule has 0 saturated heterocycles. The second-order valence-electron chi connectivity index (χ2n) is 5.91. The van der Waals surface area contributed by atoms with Gasteiger partial charge in [-0.05, 0) is 24.3 Å². The highest BCUT2D eigenvalue weighted by Gasteiger charge is 2.26. The number of nitrogens with one attached hydrogen (secondary N) is 1. The maximum atomic E-state index is 12.9. The van der Waals surface area contributed by atoms with Crippen LogP contribution < -0.4 is 19.5 Å². The Hall–Kier alpha value is -3.04. The van der Waals surface area contributed by atoms with E-state index in [1.807, 2.05) is 0 Å². The van der Waals surface area contributed by atoms with E-state index in [1.54, 1.807) is 30.3 Å². The van der Waals surface area contributed by atoms with Gasteiger partial charge in [-0.1, -0.05) is 6.08 Å². The summed E-state index contributed by atoms with van der Waals surface area (Å²) in [6.07, 6.45) is 1.42. The highest BCUT2D eigenvalue weighted by molar-refractivity contribution is 7.89. The minimum atomic E-state index is -3.90. The van der Waals surface area contributed by atoms with E-state index < -0.39 is 15.9 Å². The smallest absolute Gasteiger partial charge is 0.243 e. The molecule has 2 rings (SSSR count). The molecule has 29 heavy (non-hydrogen) atoms. The van der Waals surface area contributed by atoms with Crippen LogP contribution >= 0.6 is 0 Å². The first-order valence-electron chi connectivity index (χ1n) is 8.62. The zero-order valence-electron chi connectivity index (χ0n) is 16.5. The van der Waals surface area contributed by atoms with E-state index in [2.05, 4.69) is 11.9 Å². The first kappa shape index (κ1) is 22.3. The van der Waals surface area contributed by atoms with E-state index in [0.717, 1.165) is 4.31 Å². The molecule has 0 atom stereocenters. The van der Waals surface area contributed by atoms with Gasteiger partial charge >= 0.3 is 0 Å². The number of amides is 1. The van der Waals surface area contributed by atoms with Crippen LogP contribution in [0.25, 0.3) is 0 Å². The van der Waals surface area contributed by atoms with Crippen LogP contribution in [0.5, 0.6) is 17.2 Å². The Morgan fingerprint density at radius 1 is 1.00 bits per heavy atom. The molecule has 8 nitrogen and oxygen atoms in total. The number of carbonyl (C=O) groups is 1. The van der Waals surface area contributed by atoms with Gasteiger partial charge in [0, 0.05) is 30.4 Å². The molecule has 2 aromatic carbocycles. The molecule has 2 aromatic rings. The van der Waals surface area contributed by atoms with Crippen LogP contribution in [-0.4, -0.2) is 53.0 Å². The number of methoxy groups -OCH3 is 3. The molecule has 0 unspecified atom stereocenters. The second kappa shape index (κ2) is 9.94. The number of benzene rings is 2.